The number of rotatable bonds is 20. The monoisotopic (exact) mass is 1890 g/mol. The Morgan fingerprint density at radius 2 is 0.432 bits per heavy atom. The molecule has 0 saturated carbocycles. The van der Waals surface area contributed by atoms with Gasteiger partial charge in [-0.2, -0.15) is 0 Å². The molecule has 0 aliphatic carbocycles. The summed E-state index contributed by atoms with van der Waals surface area (Å²) < 4.78 is 0. The summed E-state index contributed by atoms with van der Waals surface area (Å²) in [5.74, 6) is 12.6. The molecule has 0 spiro atoms. The van der Waals surface area contributed by atoms with E-state index >= 15 is 0 Å². The zero-order chi connectivity index (χ0) is 79.6. The molecule has 118 heavy (non-hydrogen) atoms. The summed E-state index contributed by atoms with van der Waals surface area (Å²) in [5, 5.41) is 0. The van der Waals surface area contributed by atoms with Gasteiger partial charge in [-0.15, -0.1) is 0 Å². The van der Waals surface area contributed by atoms with Crippen molar-refractivity contribution in [3.8, 4) is 69.2 Å². The number of hydrogen-bond donors (Lipinski definition) is 0. The van der Waals surface area contributed by atoms with E-state index in [4.69, 9.17) is 0 Å². The first-order chi connectivity index (χ1) is 57.1. The minimum Gasteiger partial charge on any atom is -0.358 e. The minimum atomic E-state index is 0. The summed E-state index contributed by atoms with van der Waals surface area (Å²) in [7, 11) is 0. The molecule has 21 heteroatoms. The molecule has 16 heterocycles. The summed E-state index contributed by atoms with van der Waals surface area (Å²) in [6, 6.07) is 64.0. The predicted octanol–water partition coefficient (Wildman–Crippen LogP) is 22.3. The quantitative estimate of drug-likeness (QED) is 0.0301. The standard InChI is InChI=1S/C24H18Br4N4.C24H22N4.C24H18N4.C24H14N4.CH3.Pd.H2/c25-21(15-1-7-29-8-2-15)23(27)17-5-11-31-19(13-17)20-14-18(6-12-32-20)24(28)22(26)16-3-9-30-10-4-16;3*1(19-5-11-25-12-6-19)3-21-9-15-27-23(17-21)24-18-22(10-16-28-24)4-2-20-7-13-26-14-8-20;;;/h1-14,21-24H;5-18H,1-4H2;1-18H;5-18H;1H3;;1H/q;;;;-1;;/b;;3-1+,4-2+;;;;. The van der Waals surface area contributed by atoms with Crippen molar-refractivity contribution in [2.45, 2.75) is 45.0 Å². The Kier molecular flexibility index (Phi) is 34.0. The third-order valence-corrected chi connectivity index (χ3v) is 23.5. The van der Waals surface area contributed by atoms with Gasteiger partial charge in [0.1, 0.15) is 0 Å². The van der Waals surface area contributed by atoms with Crippen molar-refractivity contribution in [1.82, 2.24) is 79.7 Å². The normalized spacial score (nSPS) is 11.6. The maximum Gasteiger partial charge on any atom is 0.0898 e. The van der Waals surface area contributed by atoms with Gasteiger partial charge in [-0.25, -0.2) is 0 Å². The van der Waals surface area contributed by atoms with Crippen LogP contribution in [-0.4, -0.2) is 79.7 Å². The van der Waals surface area contributed by atoms with Gasteiger partial charge in [0.2, 0.25) is 0 Å². The third-order valence-electron chi connectivity index (χ3n) is 17.9. The molecule has 4 atom stereocenters. The molecule has 584 valence electrons. The van der Waals surface area contributed by atoms with E-state index in [1.54, 1.807) is 86.8 Å². The number of aromatic nitrogens is 16. The van der Waals surface area contributed by atoms with Crippen LogP contribution in [0, 0.1) is 31.1 Å². The van der Waals surface area contributed by atoms with Gasteiger partial charge in [0, 0.05) is 193 Å². The van der Waals surface area contributed by atoms with Crippen LogP contribution in [0.3, 0.4) is 0 Å². The van der Waals surface area contributed by atoms with Crippen LogP contribution in [0.5, 0.6) is 0 Å². The van der Waals surface area contributed by atoms with Crippen molar-refractivity contribution < 1.29 is 21.8 Å². The van der Waals surface area contributed by atoms with E-state index in [9.17, 15) is 0 Å². The molecular formula is C97H77Br4N16Pd-. The van der Waals surface area contributed by atoms with E-state index in [0.29, 0.717) is 0 Å². The van der Waals surface area contributed by atoms with Gasteiger partial charge in [-0.05, 0) is 287 Å². The fraction of sp³-hybridized carbons (Fsp3) is 0.0825. The van der Waals surface area contributed by atoms with E-state index in [1.165, 1.54) is 22.3 Å². The number of pyridine rings is 16. The summed E-state index contributed by atoms with van der Waals surface area (Å²) in [6.07, 6.45) is 55.3. The average molecular weight is 1890 g/mol. The molecule has 16 rings (SSSR count). The van der Waals surface area contributed by atoms with Crippen molar-refractivity contribution >= 4 is 88.0 Å². The Bertz CT molecular complexity index is 5620. The fourth-order valence-corrected chi connectivity index (χ4v) is 14.1. The van der Waals surface area contributed by atoms with E-state index < -0.39 is 0 Å². The second kappa shape index (κ2) is 46.4. The van der Waals surface area contributed by atoms with Crippen molar-refractivity contribution in [3.05, 3.63) is 439 Å². The summed E-state index contributed by atoms with van der Waals surface area (Å²) >= 11 is 15.3. The molecule has 16 aromatic rings. The number of hydrogen-bond acceptors (Lipinski definition) is 16. The Balaban J connectivity index is 0.000000166. The smallest absolute Gasteiger partial charge is 0.0898 e. The molecular weight excluding hydrogens is 1820 g/mol. The van der Waals surface area contributed by atoms with Crippen LogP contribution in [0.25, 0.3) is 69.9 Å². The number of halogens is 4. The second-order valence-electron chi connectivity index (χ2n) is 25.9. The number of aryl methyl sites for hydroxylation is 4. The molecule has 0 radical (unpaired) electrons. The van der Waals surface area contributed by atoms with Gasteiger partial charge < -0.3 is 7.43 Å². The SMILES string of the molecule is BrC(c1ccncc1)C(Br)c1ccnc(-c2cc(C(Br)C(Br)c3ccncc3)ccn2)c1.C(#Cc1ccnc(-c2cc(C#Cc3ccncc3)ccn2)c1)c1ccncc1.C(=C\c1ccnc(-c2cc(/C=C/c3ccncc3)ccn2)c1)/c1ccncc1.[CH3-].[HH].[Pd].c1cc(CCc2ccnc(-c3cc(CCc4ccncc4)ccn3)c2)ccn1. The van der Waals surface area contributed by atoms with E-state index in [1.807, 2.05) is 195 Å². The van der Waals surface area contributed by atoms with Gasteiger partial charge in [0.25, 0.3) is 0 Å². The van der Waals surface area contributed by atoms with Gasteiger partial charge in [0.05, 0.1) is 64.9 Å². The Morgan fingerprint density at radius 1 is 0.220 bits per heavy atom. The molecule has 0 saturated heterocycles. The van der Waals surface area contributed by atoms with Crippen LogP contribution in [0.4, 0.5) is 0 Å². The van der Waals surface area contributed by atoms with Crippen molar-refractivity contribution in [1.29, 1.82) is 0 Å². The van der Waals surface area contributed by atoms with Gasteiger partial charge in [0.15, 0.2) is 0 Å². The number of nitrogens with zero attached hydrogens (tertiary/aromatic N) is 16. The number of alkyl halides is 4. The van der Waals surface area contributed by atoms with Crippen molar-refractivity contribution in [2.75, 3.05) is 0 Å². The van der Waals surface area contributed by atoms with Crippen LogP contribution in [0.15, 0.2) is 343 Å². The molecule has 0 aliphatic heterocycles. The van der Waals surface area contributed by atoms with Crippen molar-refractivity contribution in [3.63, 3.8) is 0 Å². The summed E-state index contributed by atoms with van der Waals surface area (Å²) in [6.45, 7) is 0. The largest absolute Gasteiger partial charge is 0.358 e. The average Bonchev–Trinajstić information content (AvgIpc) is 0.867. The maximum atomic E-state index is 4.58. The van der Waals surface area contributed by atoms with Crippen LogP contribution >= 0.6 is 63.7 Å². The van der Waals surface area contributed by atoms with Crippen molar-refractivity contribution in [2.24, 2.45) is 0 Å². The molecule has 4 unspecified atom stereocenters. The first kappa shape index (κ1) is 86.4. The summed E-state index contributed by atoms with van der Waals surface area (Å²) in [5.41, 5.74) is 24.3. The van der Waals surface area contributed by atoms with Crippen LogP contribution in [0.1, 0.15) is 110 Å². The van der Waals surface area contributed by atoms with Gasteiger partial charge in [-0.1, -0.05) is 112 Å². The molecule has 16 aromatic heterocycles. The zero-order valence-corrected chi connectivity index (χ0v) is 71.7. The zero-order valence-electron chi connectivity index (χ0n) is 63.8. The first-order valence-electron chi connectivity index (χ1n) is 37.0. The topological polar surface area (TPSA) is 206 Å². The van der Waals surface area contributed by atoms with Crippen LogP contribution in [0.2, 0.25) is 0 Å². The van der Waals surface area contributed by atoms with E-state index in [0.717, 1.165) is 138 Å². The predicted molar refractivity (Wildman–Crippen MR) is 484 cm³/mol. The molecule has 0 amide bonds. The second-order valence-corrected chi connectivity index (χ2v) is 29.9. The Labute approximate surface area is 736 Å². The summed E-state index contributed by atoms with van der Waals surface area (Å²) in [4.78, 5) is 68.8. The van der Waals surface area contributed by atoms with Gasteiger partial charge in [-0.3, -0.25) is 79.7 Å². The molecule has 0 N–H and O–H groups in total. The molecule has 16 nitrogen and oxygen atoms in total. The molecule has 0 aliphatic rings. The van der Waals surface area contributed by atoms with Gasteiger partial charge >= 0.3 is 0 Å². The molecule has 0 bridgehead atoms. The van der Waals surface area contributed by atoms with E-state index in [-0.39, 0.29) is 48.6 Å². The van der Waals surface area contributed by atoms with Crippen LogP contribution < -0.4 is 0 Å². The molecule has 0 aromatic carbocycles. The molecule has 0 fully saturated rings. The Morgan fingerprint density at radius 3 is 0.788 bits per heavy atom. The third kappa shape index (κ3) is 26.8. The maximum absolute atomic E-state index is 4.58. The fourth-order valence-electron chi connectivity index (χ4n) is 11.7. The Hall–Kier alpha value is -12.4. The first-order valence-corrected chi connectivity index (χ1v) is 40.6. The van der Waals surface area contributed by atoms with E-state index in [2.05, 4.69) is 252 Å². The minimum absolute atomic E-state index is 0. The van der Waals surface area contributed by atoms with Crippen LogP contribution in [-0.2, 0) is 46.1 Å².